The fourth-order valence-corrected chi connectivity index (χ4v) is 2.07. The van der Waals surface area contributed by atoms with E-state index in [0.717, 1.165) is 29.1 Å². The van der Waals surface area contributed by atoms with Gasteiger partial charge in [0, 0.05) is 12.1 Å². The summed E-state index contributed by atoms with van der Waals surface area (Å²) in [6.45, 7) is 4.39. The van der Waals surface area contributed by atoms with Crippen molar-refractivity contribution in [3.8, 4) is 11.3 Å². The molecule has 0 radical (unpaired) electrons. The molecule has 1 aromatic carbocycles. The van der Waals surface area contributed by atoms with Gasteiger partial charge in [-0.2, -0.15) is 13.2 Å². The van der Waals surface area contributed by atoms with E-state index >= 15 is 0 Å². The molecule has 0 atom stereocenters. The molecule has 2 rings (SSSR count). The monoisotopic (exact) mass is 295 g/mol. The smallest absolute Gasteiger partial charge is 0.326 e. The summed E-state index contributed by atoms with van der Waals surface area (Å²) in [5, 5.41) is 0. The third-order valence-electron chi connectivity index (χ3n) is 3.19. The Morgan fingerprint density at radius 1 is 1.14 bits per heavy atom. The molecule has 0 bridgehead atoms. The molecule has 2 aromatic rings. The Hall–Kier alpha value is -1.95. The lowest BCUT2D eigenvalue weighted by molar-refractivity contribution is -0.141. The van der Waals surface area contributed by atoms with Crippen molar-refractivity contribution in [1.29, 1.82) is 0 Å². The molecule has 0 spiro atoms. The van der Waals surface area contributed by atoms with Gasteiger partial charge in [0.15, 0.2) is 5.69 Å². The summed E-state index contributed by atoms with van der Waals surface area (Å²) in [6.07, 6.45) is -2.57. The van der Waals surface area contributed by atoms with Gasteiger partial charge in [-0.3, -0.25) is 4.98 Å². The van der Waals surface area contributed by atoms with Crippen LogP contribution >= 0.6 is 0 Å². The zero-order chi connectivity index (χ0) is 15.6. The first-order chi connectivity index (χ1) is 9.82. The molecule has 3 nitrogen and oxygen atoms in total. The van der Waals surface area contributed by atoms with Gasteiger partial charge in [0.2, 0.25) is 0 Å². The van der Waals surface area contributed by atoms with Crippen LogP contribution in [-0.2, 0) is 12.7 Å². The normalized spacial score (nSPS) is 12.0. The van der Waals surface area contributed by atoms with Crippen LogP contribution in [0.1, 0.15) is 36.6 Å². The highest BCUT2D eigenvalue weighted by Crippen LogP contribution is 2.31. The van der Waals surface area contributed by atoms with E-state index in [1.54, 1.807) is 0 Å². The zero-order valence-corrected chi connectivity index (χ0v) is 11.8. The Bertz CT molecular complexity index is 619. The van der Waals surface area contributed by atoms with Crippen molar-refractivity contribution in [3.05, 3.63) is 47.4 Å². The number of halogens is 3. The molecule has 112 valence electrons. The van der Waals surface area contributed by atoms with Crippen molar-refractivity contribution in [2.45, 2.75) is 32.5 Å². The topological polar surface area (TPSA) is 51.8 Å². The van der Waals surface area contributed by atoms with Crippen LogP contribution in [0.3, 0.4) is 0 Å². The number of nitrogens with zero attached hydrogens (tertiary/aromatic N) is 2. The molecular weight excluding hydrogens is 279 g/mol. The number of rotatable bonds is 3. The van der Waals surface area contributed by atoms with Gasteiger partial charge < -0.3 is 5.73 Å². The minimum atomic E-state index is -4.48. The van der Waals surface area contributed by atoms with Crippen LogP contribution in [0.2, 0.25) is 0 Å². The number of nitrogens with two attached hydrogens (primary N) is 1. The summed E-state index contributed by atoms with van der Waals surface area (Å²) in [7, 11) is 0. The van der Waals surface area contributed by atoms with Gasteiger partial charge in [-0.25, -0.2) is 4.98 Å². The molecule has 0 aliphatic rings. The molecule has 0 saturated heterocycles. The fraction of sp³-hybridized carbons (Fsp3) is 0.333. The molecule has 0 saturated carbocycles. The number of benzene rings is 1. The Kier molecular flexibility index (Phi) is 4.27. The largest absolute Gasteiger partial charge is 0.434 e. The van der Waals surface area contributed by atoms with Gasteiger partial charge in [0.1, 0.15) is 0 Å². The average molecular weight is 295 g/mol. The highest BCUT2D eigenvalue weighted by molar-refractivity contribution is 5.64. The predicted molar refractivity (Wildman–Crippen MR) is 74.5 cm³/mol. The third-order valence-corrected chi connectivity index (χ3v) is 3.19. The van der Waals surface area contributed by atoms with E-state index in [1.807, 2.05) is 32.0 Å². The lowest BCUT2D eigenvalue weighted by Crippen LogP contribution is -2.09. The first-order valence-corrected chi connectivity index (χ1v) is 6.55. The van der Waals surface area contributed by atoms with Crippen LogP contribution in [0.4, 0.5) is 13.2 Å². The van der Waals surface area contributed by atoms with Crippen LogP contribution in [0.15, 0.2) is 30.6 Å². The zero-order valence-electron chi connectivity index (χ0n) is 11.8. The molecular formula is C15H16F3N3. The van der Waals surface area contributed by atoms with Gasteiger partial charge in [0.25, 0.3) is 0 Å². The molecule has 1 aromatic heterocycles. The summed E-state index contributed by atoms with van der Waals surface area (Å²) < 4.78 is 37.6. The summed E-state index contributed by atoms with van der Waals surface area (Å²) >= 11 is 0. The van der Waals surface area contributed by atoms with E-state index in [1.165, 1.54) is 0 Å². The molecule has 0 fully saturated rings. The van der Waals surface area contributed by atoms with Crippen molar-refractivity contribution in [2.75, 3.05) is 0 Å². The first-order valence-electron chi connectivity index (χ1n) is 6.55. The first kappa shape index (κ1) is 15.4. The van der Waals surface area contributed by atoms with E-state index in [-0.39, 0.29) is 5.92 Å². The molecule has 0 aliphatic carbocycles. The minimum absolute atomic E-state index is 0.218. The van der Waals surface area contributed by atoms with E-state index in [0.29, 0.717) is 12.2 Å². The van der Waals surface area contributed by atoms with Gasteiger partial charge >= 0.3 is 6.18 Å². The Labute approximate surface area is 121 Å². The van der Waals surface area contributed by atoms with Crippen LogP contribution < -0.4 is 5.73 Å². The van der Waals surface area contributed by atoms with Gasteiger partial charge in [-0.1, -0.05) is 26.0 Å². The van der Waals surface area contributed by atoms with E-state index in [4.69, 9.17) is 5.73 Å². The van der Waals surface area contributed by atoms with Crippen molar-refractivity contribution >= 4 is 0 Å². The van der Waals surface area contributed by atoms with Gasteiger partial charge in [0.05, 0.1) is 18.1 Å². The fourth-order valence-electron chi connectivity index (χ4n) is 2.07. The maximum atomic E-state index is 12.5. The summed E-state index contributed by atoms with van der Waals surface area (Å²) in [6, 6.07) is 5.70. The number of alkyl halides is 3. The Morgan fingerprint density at radius 3 is 2.33 bits per heavy atom. The molecule has 0 unspecified atom stereocenters. The molecule has 2 N–H and O–H groups in total. The Balaban J connectivity index is 2.50. The van der Waals surface area contributed by atoms with Crippen LogP contribution in [0, 0.1) is 0 Å². The standard InChI is InChI=1S/C15H16F3N3/c1-9(2)11-4-3-10(6-19)5-12(11)13-7-21-14(8-20-13)15(16,17)18/h3-5,7-9H,6,19H2,1-2H3. The molecule has 1 heterocycles. The van der Waals surface area contributed by atoms with Crippen molar-refractivity contribution in [3.63, 3.8) is 0 Å². The number of aromatic nitrogens is 2. The van der Waals surface area contributed by atoms with E-state index in [9.17, 15) is 13.2 Å². The van der Waals surface area contributed by atoms with Gasteiger partial charge in [-0.05, 0) is 23.1 Å². The van der Waals surface area contributed by atoms with Crippen molar-refractivity contribution in [2.24, 2.45) is 5.73 Å². The second-order valence-electron chi connectivity index (χ2n) is 5.07. The van der Waals surface area contributed by atoms with Crippen molar-refractivity contribution in [1.82, 2.24) is 9.97 Å². The van der Waals surface area contributed by atoms with Crippen LogP contribution in [0.5, 0.6) is 0 Å². The quantitative estimate of drug-likeness (QED) is 0.938. The highest BCUT2D eigenvalue weighted by atomic mass is 19.4. The van der Waals surface area contributed by atoms with Crippen LogP contribution in [-0.4, -0.2) is 9.97 Å². The van der Waals surface area contributed by atoms with Crippen LogP contribution in [0.25, 0.3) is 11.3 Å². The lowest BCUT2D eigenvalue weighted by atomic mass is 9.93. The average Bonchev–Trinajstić information content (AvgIpc) is 2.45. The molecule has 0 amide bonds. The summed E-state index contributed by atoms with van der Waals surface area (Å²) in [4.78, 5) is 7.37. The number of hydrogen-bond donors (Lipinski definition) is 1. The number of hydrogen-bond acceptors (Lipinski definition) is 3. The molecule has 0 aliphatic heterocycles. The van der Waals surface area contributed by atoms with Gasteiger partial charge in [-0.15, -0.1) is 0 Å². The maximum Gasteiger partial charge on any atom is 0.434 e. The molecule has 21 heavy (non-hydrogen) atoms. The minimum Gasteiger partial charge on any atom is -0.326 e. The highest BCUT2D eigenvalue weighted by Gasteiger charge is 2.32. The summed E-state index contributed by atoms with van der Waals surface area (Å²) in [5.74, 6) is 0.218. The Morgan fingerprint density at radius 2 is 1.86 bits per heavy atom. The van der Waals surface area contributed by atoms with E-state index in [2.05, 4.69) is 9.97 Å². The van der Waals surface area contributed by atoms with E-state index < -0.39 is 11.9 Å². The third kappa shape index (κ3) is 3.39. The second kappa shape index (κ2) is 5.81. The predicted octanol–water partition coefficient (Wildman–Crippen LogP) is 3.74. The second-order valence-corrected chi connectivity index (χ2v) is 5.07. The maximum absolute atomic E-state index is 12.5. The lowest BCUT2D eigenvalue weighted by Gasteiger charge is -2.14. The summed E-state index contributed by atoms with van der Waals surface area (Å²) in [5.41, 5.74) is 7.72. The SMILES string of the molecule is CC(C)c1ccc(CN)cc1-c1cnc(C(F)(F)F)cn1. The molecule has 6 heteroatoms. The van der Waals surface area contributed by atoms with Crippen molar-refractivity contribution < 1.29 is 13.2 Å².